The molecule has 2 aromatic rings. The Kier molecular flexibility index (Phi) is 4.17. The maximum Gasteiger partial charge on any atom is 0.119 e. The largest absolute Gasteiger partial charge is 0.497 e. The van der Waals surface area contributed by atoms with Crippen molar-refractivity contribution in [3.05, 3.63) is 53.1 Å². The summed E-state index contributed by atoms with van der Waals surface area (Å²) < 4.78 is 5.15. The zero-order valence-electron chi connectivity index (χ0n) is 11.1. The van der Waals surface area contributed by atoms with E-state index < -0.39 is 0 Å². The first-order chi connectivity index (χ1) is 9.11. The van der Waals surface area contributed by atoms with Crippen molar-refractivity contribution in [2.45, 2.75) is 6.54 Å². The van der Waals surface area contributed by atoms with E-state index in [0.29, 0.717) is 17.3 Å². The number of hydrogen-bond acceptors (Lipinski definition) is 3. The summed E-state index contributed by atoms with van der Waals surface area (Å²) in [7, 11) is 3.66. The Hall–Kier alpha value is -1.87. The van der Waals surface area contributed by atoms with Crippen molar-refractivity contribution < 1.29 is 4.74 Å². The Morgan fingerprint density at radius 1 is 1.16 bits per heavy atom. The number of methoxy groups -OCH3 is 1. The number of nitrogen functional groups attached to an aromatic ring is 1. The van der Waals surface area contributed by atoms with Crippen molar-refractivity contribution >= 4 is 23.0 Å². The van der Waals surface area contributed by atoms with Crippen molar-refractivity contribution in [2.24, 2.45) is 0 Å². The van der Waals surface area contributed by atoms with Gasteiger partial charge in [0.05, 0.1) is 7.11 Å². The molecule has 0 bridgehead atoms. The lowest BCUT2D eigenvalue weighted by atomic mass is 10.1. The van der Waals surface area contributed by atoms with Crippen LogP contribution in [0.1, 0.15) is 5.56 Å². The van der Waals surface area contributed by atoms with Gasteiger partial charge in [-0.05, 0) is 36.4 Å². The molecule has 0 unspecified atom stereocenters. The van der Waals surface area contributed by atoms with Gasteiger partial charge in [-0.15, -0.1) is 0 Å². The quantitative estimate of drug-likeness (QED) is 0.868. The van der Waals surface area contributed by atoms with Crippen LogP contribution in [0.2, 0.25) is 5.02 Å². The normalized spacial score (nSPS) is 10.3. The van der Waals surface area contributed by atoms with Gasteiger partial charge in [0, 0.05) is 35.6 Å². The van der Waals surface area contributed by atoms with Gasteiger partial charge >= 0.3 is 0 Å². The van der Waals surface area contributed by atoms with Crippen LogP contribution in [0.3, 0.4) is 0 Å². The third-order valence-electron chi connectivity index (χ3n) is 3.06. The van der Waals surface area contributed by atoms with Crippen LogP contribution >= 0.6 is 11.6 Å². The third-order valence-corrected chi connectivity index (χ3v) is 3.42. The molecule has 0 spiro atoms. The van der Waals surface area contributed by atoms with Gasteiger partial charge in [-0.25, -0.2) is 0 Å². The first-order valence-corrected chi connectivity index (χ1v) is 6.37. The molecule has 2 rings (SSSR count). The van der Waals surface area contributed by atoms with Crippen molar-refractivity contribution in [3.8, 4) is 5.75 Å². The molecule has 19 heavy (non-hydrogen) atoms. The second kappa shape index (κ2) is 5.85. The smallest absolute Gasteiger partial charge is 0.119 e. The van der Waals surface area contributed by atoms with E-state index in [1.54, 1.807) is 7.11 Å². The van der Waals surface area contributed by atoms with E-state index in [9.17, 15) is 0 Å². The first-order valence-electron chi connectivity index (χ1n) is 6.00. The first kappa shape index (κ1) is 13.6. The van der Waals surface area contributed by atoms with Gasteiger partial charge in [-0.1, -0.05) is 17.7 Å². The molecule has 0 amide bonds. The summed E-state index contributed by atoms with van der Waals surface area (Å²) >= 11 is 6.18. The third kappa shape index (κ3) is 3.12. The summed E-state index contributed by atoms with van der Waals surface area (Å²) in [5.74, 6) is 0.842. The Balaban J connectivity index is 2.18. The molecule has 0 aliphatic carbocycles. The Labute approximate surface area is 118 Å². The van der Waals surface area contributed by atoms with Crippen LogP contribution in [0.4, 0.5) is 11.4 Å². The summed E-state index contributed by atoms with van der Waals surface area (Å²) in [5, 5.41) is 0.695. The summed E-state index contributed by atoms with van der Waals surface area (Å²) in [5.41, 5.74) is 8.71. The van der Waals surface area contributed by atoms with E-state index in [1.165, 1.54) is 0 Å². The Morgan fingerprint density at radius 3 is 2.42 bits per heavy atom. The second-order valence-corrected chi connectivity index (χ2v) is 4.77. The summed E-state index contributed by atoms with van der Waals surface area (Å²) in [6.45, 7) is 0.665. The number of rotatable bonds is 4. The molecule has 0 aromatic heterocycles. The van der Waals surface area contributed by atoms with Crippen LogP contribution in [-0.4, -0.2) is 14.2 Å². The fraction of sp³-hybridized carbons (Fsp3) is 0.200. The molecule has 0 fully saturated rings. The Bertz CT molecular complexity index is 534. The molecule has 4 heteroatoms. The molecule has 0 radical (unpaired) electrons. The molecule has 0 saturated heterocycles. The number of benzene rings is 2. The predicted octanol–water partition coefficient (Wildman–Crippen LogP) is 3.57. The van der Waals surface area contributed by atoms with Gasteiger partial charge in [0.15, 0.2) is 0 Å². The number of ether oxygens (including phenoxy) is 1. The molecule has 0 aliphatic heterocycles. The summed E-state index contributed by atoms with van der Waals surface area (Å²) in [6, 6.07) is 13.5. The van der Waals surface area contributed by atoms with Gasteiger partial charge in [0.2, 0.25) is 0 Å². The highest BCUT2D eigenvalue weighted by atomic mass is 35.5. The SMILES string of the molecule is COc1ccc(N(C)Cc2c(N)cccc2Cl)cc1. The molecule has 0 heterocycles. The molecule has 3 nitrogen and oxygen atoms in total. The van der Waals surface area contributed by atoms with Crippen LogP contribution in [0.25, 0.3) is 0 Å². The van der Waals surface area contributed by atoms with Crippen molar-refractivity contribution in [1.29, 1.82) is 0 Å². The van der Waals surface area contributed by atoms with E-state index in [-0.39, 0.29) is 0 Å². The van der Waals surface area contributed by atoms with E-state index >= 15 is 0 Å². The fourth-order valence-corrected chi connectivity index (χ4v) is 2.15. The van der Waals surface area contributed by atoms with E-state index in [1.807, 2.05) is 49.5 Å². The van der Waals surface area contributed by atoms with Crippen molar-refractivity contribution in [3.63, 3.8) is 0 Å². The maximum absolute atomic E-state index is 6.18. The molecular weight excluding hydrogens is 260 g/mol. The zero-order valence-corrected chi connectivity index (χ0v) is 11.8. The molecular formula is C15H17ClN2O. The maximum atomic E-state index is 6.18. The number of halogens is 1. The molecule has 0 saturated carbocycles. The zero-order chi connectivity index (χ0) is 13.8. The molecule has 100 valence electrons. The number of nitrogens with two attached hydrogens (primary N) is 1. The van der Waals surface area contributed by atoms with Crippen molar-refractivity contribution in [1.82, 2.24) is 0 Å². The average molecular weight is 277 g/mol. The minimum Gasteiger partial charge on any atom is -0.497 e. The van der Waals surface area contributed by atoms with Gasteiger partial charge in [-0.3, -0.25) is 0 Å². The number of anilines is 2. The van der Waals surface area contributed by atoms with Crippen molar-refractivity contribution in [2.75, 3.05) is 24.8 Å². The second-order valence-electron chi connectivity index (χ2n) is 4.36. The highest BCUT2D eigenvalue weighted by Crippen LogP contribution is 2.26. The topological polar surface area (TPSA) is 38.5 Å². The lowest BCUT2D eigenvalue weighted by Gasteiger charge is -2.21. The lowest BCUT2D eigenvalue weighted by Crippen LogP contribution is -2.17. The minimum atomic E-state index is 0.665. The van der Waals surface area contributed by atoms with Gasteiger partial charge in [0.1, 0.15) is 5.75 Å². The van der Waals surface area contributed by atoms with Gasteiger partial charge in [-0.2, -0.15) is 0 Å². The van der Waals surface area contributed by atoms with Crippen LogP contribution < -0.4 is 15.4 Å². The highest BCUT2D eigenvalue weighted by Gasteiger charge is 2.08. The van der Waals surface area contributed by atoms with Crippen LogP contribution in [0.5, 0.6) is 5.75 Å². The number of hydrogen-bond donors (Lipinski definition) is 1. The summed E-state index contributed by atoms with van der Waals surface area (Å²) in [6.07, 6.45) is 0. The fourth-order valence-electron chi connectivity index (χ4n) is 1.91. The van der Waals surface area contributed by atoms with Crippen LogP contribution in [-0.2, 0) is 6.54 Å². The minimum absolute atomic E-state index is 0.665. The van der Waals surface area contributed by atoms with E-state index in [4.69, 9.17) is 22.1 Å². The Morgan fingerprint density at radius 2 is 1.84 bits per heavy atom. The summed E-state index contributed by atoms with van der Waals surface area (Å²) in [4.78, 5) is 2.09. The molecule has 0 aliphatic rings. The molecule has 2 N–H and O–H groups in total. The van der Waals surface area contributed by atoms with E-state index in [0.717, 1.165) is 17.0 Å². The standard InChI is InChI=1S/C15H17ClN2O/c1-18(11-6-8-12(19-2)9-7-11)10-13-14(16)4-3-5-15(13)17/h3-9H,10,17H2,1-2H3. The molecule has 2 aromatic carbocycles. The lowest BCUT2D eigenvalue weighted by molar-refractivity contribution is 0.415. The van der Waals surface area contributed by atoms with Crippen LogP contribution in [0.15, 0.2) is 42.5 Å². The predicted molar refractivity (Wildman–Crippen MR) is 81.0 cm³/mol. The van der Waals surface area contributed by atoms with Crippen LogP contribution in [0, 0.1) is 0 Å². The number of nitrogens with zero attached hydrogens (tertiary/aromatic N) is 1. The highest BCUT2D eigenvalue weighted by molar-refractivity contribution is 6.31. The average Bonchev–Trinajstić information content (AvgIpc) is 2.43. The van der Waals surface area contributed by atoms with Gasteiger partial charge in [0.25, 0.3) is 0 Å². The van der Waals surface area contributed by atoms with Gasteiger partial charge < -0.3 is 15.4 Å². The monoisotopic (exact) mass is 276 g/mol. The van der Waals surface area contributed by atoms with E-state index in [2.05, 4.69) is 4.90 Å². The molecule has 0 atom stereocenters.